The molecule has 0 N–H and O–H groups in total. The third-order valence-electron chi connectivity index (χ3n) is 3.34. The number of carbonyl (C=O) groups excluding carboxylic acids is 2. The summed E-state index contributed by atoms with van der Waals surface area (Å²) in [5.74, 6) is 0.0376. The van der Waals surface area contributed by atoms with Gasteiger partial charge in [-0.25, -0.2) is 4.79 Å². The van der Waals surface area contributed by atoms with E-state index in [-0.39, 0.29) is 22.6 Å². The molecule has 0 aliphatic carbocycles. The fraction of sp³-hybridized carbons (Fsp3) is 0.857. The summed E-state index contributed by atoms with van der Waals surface area (Å²) in [6, 6.07) is -0.407. The number of Topliss-reactive ketones (excluding diaryl/α,β-unsaturated/α-hetero) is 1. The van der Waals surface area contributed by atoms with Crippen molar-refractivity contribution in [2.75, 3.05) is 11.9 Å². The molecule has 1 atom stereocenters. The first-order valence-electron chi connectivity index (χ1n) is 6.67. The van der Waals surface area contributed by atoms with E-state index in [2.05, 4.69) is 15.9 Å². The van der Waals surface area contributed by atoms with Crippen molar-refractivity contribution in [3.8, 4) is 0 Å². The zero-order chi connectivity index (χ0) is 14.8. The highest BCUT2D eigenvalue weighted by atomic mass is 79.9. The molecular weight excluding hydrogens is 310 g/mol. The van der Waals surface area contributed by atoms with E-state index in [4.69, 9.17) is 4.74 Å². The summed E-state index contributed by atoms with van der Waals surface area (Å²) in [7, 11) is 0. The number of ketones is 1. The first-order chi connectivity index (χ1) is 8.58. The molecule has 0 saturated carbocycles. The Bertz CT molecular complexity index is 360. The van der Waals surface area contributed by atoms with Crippen LogP contribution >= 0.6 is 15.9 Å². The summed E-state index contributed by atoms with van der Waals surface area (Å²) in [6.45, 7) is 10.2. The monoisotopic (exact) mass is 333 g/mol. The topological polar surface area (TPSA) is 46.6 Å². The van der Waals surface area contributed by atoms with Gasteiger partial charge in [0.05, 0.1) is 11.4 Å². The van der Waals surface area contributed by atoms with Crippen LogP contribution < -0.4 is 0 Å². The number of hydrogen-bond donors (Lipinski definition) is 0. The molecule has 1 amide bonds. The van der Waals surface area contributed by atoms with E-state index in [0.29, 0.717) is 6.54 Å². The van der Waals surface area contributed by atoms with Gasteiger partial charge < -0.3 is 4.74 Å². The van der Waals surface area contributed by atoms with Crippen molar-refractivity contribution in [2.24, 2.45) is 5.41 Å². The summed E-state index contributed by atoms with van der Waals surface area (Å²) in [4.78, 5) is 26.0. The van der Waals surface area contributed by atoms with E-state index in [0.717, 1.165) is 12.8 Å². The minimum absolute atomic E-state index is 0.0376. The van der Waals surface area contributed by atoms with Gasteiger partial charge in [0.25, 0.3) is 0 Å². The van der Waals surface area contributed by atoms with Gasteiger partial charge >= 0.3 is 6.09 Å². The Balaban J connectivity index is 2.96. The van der Waals surface area contributed by atoms with Crippen LogP contribution in [0.1, 0.15) is 47.5 Å². The van der Waals surface area contributed by atoms with Crippen molar-refractivity contribution in [1.29, 1.82) is 0 Å². The van der Waals surface area contributed by atoms with Gasteiger partial charge in [0, 0.05) is 6.54 Å². The Kier molecular flexibility index (Phi) is 5.04. The first kappa shape index (κ1) is 16.5. The maximum Gasteiger partial charge on any atom is 0.410 e. The second-order valence-electron chi connectivity index (χ2n) is 6.77. The molecule has 0 radical (unpaired) electrons. The number of alkyl halides is 1. The molecule has 110 valence electrons. The summed E-state index contributed by atoms with van der Waals surface area (Å²) < 4.78 is 5.41. The number of piperidine rings is 1. The fourth-order valence-corrected chi connectivity index (χ4v) is 2.90. The van der Waals surface area contributed by atoms with Crippen LogP contribution in [-0.4, -0.2) is 40.3 Å². The van der Waals surface area contributed by atoms with Crippen LogP contribution in [0.15, 0.2) is 0 Å². The minimum Gasteiger partial charge on any atom is -0.444 e. The lowest BCUT2D eigenvalue weighted by Crippen LogP contribution is -2.57. The normalized spacial score (nSPS) is 23.1. The van der Waals surface area contributed by atoms with Gasteiger partial charge in [-0.3, -0.25) is 9.69 Å². The number of ether oxygens (including phenoxy) is 1. The third-order valence-corrected chi connectivity index (χ3v) is 3.89. The van der Waals surface area contributed by atoms with Crippen molar-refractivity contribution >= 4 is 27.8 Å². The number of carbonyl (C=O) groups is 2. The van der Waals surface area contributed by atoms with Crippen molar-refractivity contribution in [1.82, 2.24) is 4.90 Å². The van der Waals surface area contributed by atoms with E-state index in [9.17, 15) is 9.59 Å². The Labute approximate surface area is 124 Å². The molecule has 0 bridgehead atoms. The molecule has 1 rings (SSSR count). The molecule has 0 aromatic rings. The van der Waals surface area contributed by atoms with Crippen LogP contribution in [0, 0.1) is 5.41 Å². The van der Waals surface area contributed by atoms with Gasteiger partial charge in [0.1, 0.15) is 5.60 Å². The largest absolute Gasteiger partial charge is 0.444 e. The van der Waals surface area contributed by atoms with Gasteiger partial charge in [-0.2, -0.15) is 0 Å². The van der Waals surface area contributed by atoms with Crippen LogP contribution in [0.4, 0.5) is 4.79 Å². The molecule has 1 unspecified atom stereocenters. The lowest BCUT2D eigenvalue weighted by Gasteiger charge is -2.45. The lowest BCUT2D eigenvalue weighted by atomic mass is 9.75. The molecule has 5 heteroatoms. The average Bonchev–Trinajstić information content (AvgIpc) is 2.24. The highest BCUT2D eigenvalue weighted by molar-refractivity contribution is 9.09. The molecular formula is C14H24BrNO3. The van der Waals surface area contributed by atoms with Gasteiger partial charge in [-0.05, 0) is 39.0 Å². The van der Waals surface area contributed by atoms with Crippen LogP contribution in [0.2, 0.25) is 0 Å². The zero-order valence-electron chi connectivity index (χ0n) is 12.5. The zero-order valence-corrected chi connectivity index (χ0v) is 14.0. The van der Waals surface area contributed by atoms with E-state index < -0.39 is 11.6 Å². The van der Waals surface area contributed by atoms with Crippen molar-refractivity contribution in [2.45, 2.75) is 59.1 Å². The summed E-state index contributed by atoms with van der Waals surface area (Å²) in [6.07, 6.45) is 1.45. The Hall–Kier alpha value is -0.580. The number of nitrogens with zero attached hydrogens (tertiary/aromatic N) is 1. The predicted octanol–water partition coefficient (Wildman–Crippen LogP) is 3.38. The number of hydrogen-bond acceptors (Lipinski definition) is 3. The fourth-order valence-electron chi connectivity index (χ4n) is 2.59. The van der Waals surface area contributed by atoms with E-state index >= 15 is 0 Å². The van der Waals surface area contributed by atoms with Crippen molar-refractivity contribution in [3.05, 3.63) is 0 Å². The quantitative estimate of drug-likeness (QED) is 0.728. The molecule has 1 aliphatic heterocycles. The lowest BCUT2D eigenvalue weighted by molar-refractivity contribution is -0.128. The Morgan fingerprint density at radius 2 is 1.95 bits per heavy atom. The minimum atomic E-state index is -0.541. The molecule has 1 saturated heterocycles. The van der Waals surface area contributed by atoms with Gasteiger partial charge in [0.15, 0.2) is 5.78 Å². The molecule has 0 spiro atoms. The number of halogens is 1. The maximum atomic E-state index is 12.3. The van der Waals surface area contributed by atoms with E-state index in [1.165, 1.54) is 0 Å². The Morgan fingerprint density at radius 3 is 2.42 bits per heavy atom. The molecule has 1 fully saturated rings. The number of amides is 1. The third kappa shape index (κ3) is 4.20. The Morgan fingerprint density at radius 1 is 1.37 bits per heavy atom. The average molecular weight is 334 g/mol. The number of rotatable bonds is 2. The predicted molar refractivity (Wildman–Crippen MR) is 78.5 cm³/mol. The van der Waals surface area contributed by atoms with Crippen LogP contribution in [0.3, 0.4) is 0 Å². The van der Waals surface area contributed by atoms with Gasteiger partial charge in [0.2, 0.25) is 0 Å². The number of likely N-dealkylation sites (tertiary alicyclic amines) is 1. The van der Waals surface area contributed by atoms with Crippen LogP contribution in [-0.2, 0) is 9.53 Å². The van der Waals surface area contributed by atoms with Crippen LogP contribution in [0.5, 0.6) is 0 Å². The summed E-state index contributed by atoms with van der Waals surface area (Å²) in [5.41, 5.74) is -0.749. The second-order valence-corrected chi connectivity index (χ2v) is 7.33. The molecule has 1 aliphatic rings. The van der Waals surface area contributed by atoms with E-state index in [1.54, 1.807) is 4.90 Å². The molecule has 0 aromatic carbocycles. The molecule has 0 aromatic heterocycles. The van der Waals surface area contributed by atoms with Crippen molar-refractivity contribution < 1.29 is 14.3 Å². The van der Waals surface area contributed by atoms with Gasteiger partial charge in [-0.15, -0.1) is 0 Å². The van der Waals surface area contributed by atoms with Crippen LogP contribution in [0.25, 0.3) is 0 Å². The second kappa shape index (κ2) is 5.81. The smallest absolute Gasteiger partial charge is 0.410 e. The summed E-state index contributed by atoms with van der Waals surface area (Å²) >= 11 is 3.21. The highest BCUT2D eigenvalue weighted by Crippen LogP contribution is 2.36. The highest BCUT2D eigenvalue weighted by Gasteiger charge is 2.44. The van der Waals surface area contributed by atoms with Gasteiger partial charge in [-0.1, -0.05) is 29.8 Å². The van der Waals surface area contributed by atoms with Crippen molar-refractivity contribution in [3.63, 3.8) is 0 Å². The van der Waals surface area contributed by atoms with E-state index in [1.807, 2.05) is 34.6 Å². The molecule has 19 heavy (non-hydrogen) atoms. The maximum absolute atomic E-state index is 12.3. The standard InChI is InChI=1S/C14H24BrNO3/c1-13(2,3)19-12(18)16-8-6-7-14(4,5)11(16)10(17)9-15/h11H,6-9H2,1-5H3. The first-order valence-corrected chi connectivity index (χ1v) is 7.79. The SMILES string of the molecule is CC(C)(C)OC(=O)N1CCCC(C)(C)C1C(=O)CBr. The molecule has 4 nitrogen and oxygen atoms in total. The molecule has 1 heterocycles. The summed E-state index contributed by atoms with van der Waals surface area (Å²) in [5, 5.41) is 0.264.